The zero-order chi connectivity index (χ0) is 18.5. The lowest BCUT2D eigenvalue weighted by Gasteiger charge is -2.08. The van der Waals surface area contributed by atoms with Crippen molar-refractivity contribution in [2.24, 2.45) is 0 Å². The predicted octanol–water partition coefficient (Wildman–Crippen LogP) is 4.34. The Balaban J connectivity index is 1.83. The third-order valence-electron chi connectivity index (χ3n) is 4.06. The van der Waals surface area contributed by atoms with Crippen LogP contribution in [0.1, 0.15) is 33.2 Å². The Hall–Kier alpha value is -3.40. The lowest BCUT2D eigenvalue weighted by atomic mass is 9.98. The molecule has 0 radical (unpaired) electrons. The fourth-order valence-electron chi connectivity index (χ4n) is 2.71. The monoisotopic (exact) mass is 345 g/mol. The van der Waals surface area contributed by atoms with Gasteiger partial charge in [0.2, 0.25) is 0 Å². The second kappa shape index (κ2) is 7.66. The van der Waals surface area contributed by atoms with Crippen molar-refractivity contribution in [3.63, 3.8) is 0 Å². The predicted molar refractivity (Wildman–Crippen MR) is 102 cm³/mol. The van der Waals surface area contributed by atoms with Crippen molar-refractivity contribution in [1.82, 2.24) is 0 Å². The van der Waals surface area contributed by atoms with Crippen LogP contribution < -0.4 is 5.73 Å². The van der Waals surface area contributed by atoms with Gasteiger partial charge in [-0.15, -0.1) is 0 Å². The zero-order valence-corrected chi connectivity index (χ0v) is 14.4. The number of carbonyl (C=O) groups excluding carboxylic acids is 2. The van der Waals surface area contributed by atoms with Crippen LogP contribution in [-0.4, -0.2) is 18.4 Å². The summed E-state index contributed by atoms with van der Waals surface area (Å²) in [6, 6.07) is 22.0. The molecule has 0 atom stereocenters. The minimum atomic E-state index is -0.490. The van der Waals surface area contributed by atoms with Crippen molar-refractivity contribution >= 4 is 17.4 Å². The van der Waals surface area contributed by atoms with Gasteiger partial charge in [-0.05, 0) is 30.2 Å². The first-order valence-corrected chi connectivity index (χ1v) is 8.37. The van der Waals surface area contributed by atoms with Crippen molar-refractivity contribution in [2.45, 2.75) is 6.92 Å². The molecule has 4 nitrogen and oxygen atoms in total. The maximum Gasteiger partial charge on any atom is 0.340 e. The molecule has 0 saturated carbocycles. The third kappa shape index (κ3) is 3.64. The van der Waals surface area contributed by atoms with E-state index < -0.39 is 5.97 Å². The van der Waals surface area contributed by atoms with Gasteiger partial charge in [0, 0.05) is 16.8 Å². The molecular formula is C22H19NO3. The maximum absolute atomic E-state index is 12.7. The molecule has 26 heavy (non-hydrogen) atoms. The van der Waals surface area contributed by atoms with Crippen LogP contribution in [0.4, 0.5) is 5.69 Å². The molecule has 0 bridgehead atoms. The van der Waals surface area contributed by atoms with E-state index in [0.717, 1.165) is 11.1 Å². The maximum atomic E-state index is 12.7. The van der Waals surface area contributed by atoms with Crippen molar-refractivity contribution < 1.29 is 14.3 Å². The summed E-state index contributed by atoms with van der Waals surface area (Å²) >= 11 is 0. The Morgan fingerprint density at radius 1 is 0.846 bits per heavy atom. The van der Waals surface area contributed by atoms with Crippen molar-refractivity contribution in [3.05, 3.63) is 89.5 Å². The van der Waals surface area contributed by atoms with Gasteiger partial charge in [0.1, 0.15) is 0 Å². The molecule has 3 aromatic carbocycles. The van der Waals surface area contributed by atoms with Gasteiger partial charge in [0.05, 0.1) is 12.2 Å². The number of nitrogens with two attached hydrogens (primary N) is 1. The van der Waals surface area contributed by atoms with E-state index in [9.17, 15) is 9.59 Å². The third-order valence-corrected chi connectivity index (χ3v) is 4.06. The topological polar surface area (TPSA) is 69.4 Å². The number of rotatable bonds is 5. The zero-order valence-electron chi connectivity index (χ0n) is 14.4. The van der Waals surface area contributed by atoms with Crippen LogP contribution in [0.3, 0.4) is 0 Å². The fourth-order valence-corrected chi connectivity index (χ4v) is 2.71. The molecular weight excluding hydrogens is 326 g/mol. The van der Waals surface area contributed by atoms with E-state index in [1.807, 2.05) is 42.5 Å². The Morgan fingerprint density at radius 3 is 2.08 bits per heavy atom. The first kappa shape index (κ1) is 17.4. The van der Waals surface area contributed by atoms with Crippen LogP contribution in [0.15, 0.2) is 72.8 Å². The molecule has 130 valence electrons. The van der Waals surface area contributed by atoms with Gasteiger partial charge in [-0.3, -0.25) is 4.79 Å². The van der Waals surface area contributed by atoms with E-state index >= 15 is 0 Å². The largest absolute Gasteiger partial charge is 0.462 e. The number of nitrogen functional groups attached to an aromatic ring is 1. The highest BCUT2D eigenvalue weighted by Gasteiger charge is 2.15. The molecule has 3 aromatic rings. The Kier molecular flexibility index (Phi) is 5.13. The SMILES string of the molecule is CCOC(=O)c1ccc(C(=O)c2ccc(-c3ccccc3)cc2)cc1N. The highest BCUT2D eigenvalue weighted by Crippen LogP contribution is 2.22. The second-order valence-electron chi connectivity index (χ2n) is 5.79. The molecule has 0 amide bonds. The van der Waals surface area contributed by atoms with Gasteiger partial charge in [-0.1, -0.05) is 60.7 Å². The molecule has 0 heterocycles. The number of benzene rings is 3. The first-order chi connectivity index (χ1) is 12.6. The molecule has 0 saturated heterocycles. The van der Waals surface area contributed by atoms with E-state index in [-0.39, 0.29) is 23.6 Å². The Labute approximate surface area is 152 Å². The van der Waals surface area contributed by atoms with Gasteiger partial charge in [-0.25, -0.2) is 4.79 Å². The van der Waals surface area contributed by atoms with E-state index in [4.69, 9.17) is 10.5 Å². The molecule has 0 aliphatic heterocycles. The molecule has 4 heteroatoms. The fraction of sp³-hybridized carbons (Fsp3) is 0.0909. The summed E-state index contributed by atoms with van der Waals surface area (Å²) in [7, 11) is 0. The van der Waals surface area contributed by atoms with Crippen LogP contribution in [0.2, 0.25) is 0 Å². The highest BCUT2D eigenvalue weighted by molar-refractivity contribution is 6.10. The molecule has 0 aliphatic rings. The van der Waals surface area contributed by atoms with Crippen molar-refractivity contribution in [2.75, 3.05) is 12.3 Å². The van der Waals surface area contributed by atoms with Gasteiger partial charge >= 0.3 is 5.97 Å². The van der Waals surface area contributed by atoms with Gasteiger partial charge in [0.25, 0.3) is 0 Å². The molecule has 0 spiro atoms. The van der Waals surface area contributed by atoms with Gasteiger partial charge in [-0.2, -0.15) is 0 Å². The second-order valence-corrected chi connectivity index (χ2v) is 5.79. The van der Waals surface area contributed by atoms with E-state index in [1.54, 1.807) is 25.1 Å². The first-order valence-electron chi connectivity index (χ1n) is 8.37. The van der Waals surface area contributed by atoms with Crippen LogP contribution in [0, 0.1) is 0 Å². The number of anilines is 1. The molecule has 0 aliphatic carbocycles. The number of hydrogen-bond acceptors (Lipinski definition) is 4. The van der Waals surface area contributed by atoms with Crippen LogP contribution in [0.5, 0.6) is 0 Å². The normalized spacial score (nSPS) is 10.3. The summed E-state index contributed by atoms with van der Waals surface area (Å²) in [6.07, 6.45) is 0. The van der Waals surface area contributed by atoms with Crippen LogP contribution in [-0.2, 0) is 4.74 Å². The van der Waals surface area contributed by atoms with E-state index in [0.29, 0.717) is 11.1 Å². The summed E-state index contributed by atoms with van der Waals surface area (Å²) in [5.74, 6) is -0.636. The number of ether oxygens (including phenoxy) is 1. The average molecular weight is 345 g/mol. The Morgan fingerprint density at radius 2 is 1.46 bits per heavy atom. The summed E-state index contributed by atoms with van der Waals surface area (Å²) in [5.41, 5.74) is 9.54. The summed E-state index contributed by atoms with van der Waals surface area (Å²) in [6.45, 7) is 2.00. The number of esters is 1. The quantitative estimate of drug-likeness (QED) is 0.424. The van der Waals surface area contributed by atoms with Gasteiger partial charge < -0.3 is 10.5 Å². The van der Waals surface area contributed by atoms with Crippen LogP contribution in [0.25, 0.3) is 11.1 Å². The molecule has 0 aromatic heterocycles. The molecule has 0 fully saturated rings. The summed E-state index contributed by atoms with van der Waals surface area (Å²) in [5, 5.41) is 0. The number of hydrogen-bond donors (Lipinski definition) is 1. The average Bonchev–Trinajstić information content (AvgIpc) is 2.68. The van der Waals surface area contributed by atoms with Crippen LogP contribution >= 0.6 is 0 Å². The van der Waals surface area contributed by atoms with E-state index in [2.05, 4.69) is 0 Å². The number of carbonyl (C=O) groups is 2. The summed E-state index contributed by atoms with van der Waals surface area (Å²) in [4.78, 5) is 24.5. The van der Waals surface area contributed by atoms with Gasteiger partial charge in [0.15, 0.2) is 5.78 Å². The lowest BCUT2D eigenvalue weighted by molar-refractivity contribution is 0.0527. The minimum Gasteiger partial charge on any atom is -0.462 e. The molecule has 2 N–H and O–H groups in total. The van der Waals surface area contributed by atoms with Crippen molar-refractivity contribution in [3.8, 4) is 11.1 Å². The van der Waals surface area contributed by atoms with Crippen molar-refractivity contribution in [1.29, 1.82) is 0 Å². The Bertz CT molecular complexity index is 931. The standard InChI is InChI=1S/C22H19NO3/c1-2-26-22(25)19-13-12-18(14-20(19)23)21(24)17-10-8-16(9-11-17)15-6-4-3-5-7-15/h3-14H,2,23H2,1H3. The summed E-state index contributed by atoms with van der Waals surface area (Å²) < 4.78 is 4.95. The highest BCUT2D eigenvalue weighted by atomic mass is 16.5. The van der Waals surface area contributed by atoms with E-state index in [1.165, 1.54) is 12.1 Å². The minimum absolute atomic E-state index is 0.147. The smallest absolute Gasteiger partial charge is 0.340 e. The number of ketones is 1. The molecule has 0 unspecified atom stereocenters. The molecule has 3 rings (SSSR count). The lowest BCUT2D eigenvalue weighted by Crippen LogP contribution is -2.10.